The van der Waals surface area contributed by atoms with Gasteiger partial charge in [-0.15, -0.1) is 0 Å². The molecular weight excluding hydrogens is 284 g/mol. The van der Waals surface area contributed by atoms with Crippen molar-refractivity contribution in [3.63, 3.8) is 0 Å². The van der Waals surface area contributed by atoms with Gasteiger partial charge < -0.3 is 5.32 Å². The maximum absolute atomic E-state index is 12.3. The van der Waals surface area contributed by atoms with E-state index in [1.807, 2.05) is 13.0 Å². The lowest BCUT2D eigenvalue weighted by Gasteiger charge is -2.08. The number of rotatable bonds is 3. The topological polar surface area (TPSA) is 93.1 Å². The zero-order valence-electron chi connectivity index (χ0n) is 12.1. The van der Waals surface area contributed by atoms with E-state index in [1.165, 1.54) is 10.9 Å². The van der Waals surface area contributed by atoms with Gasteiger partial charge in [0, 0.05) is 6.04 Å². The number of urea groups is 1. The van der Waals surface area contributed by atoms with Crippen molar-refractivity contribution in [1.82, 2.24) is 20.2 Å². The van der Waals surface area contributed by atoms with Gasteiger partial charge in [0.15, 0.2) is 0 Å². The van der Waals surface area contributed by atoms with Crippen LogP contribution in [0.15, 0.2) is 29.3 Å². The van der Waals surface area contributed by atoms with Gasteiger partial charge in [0.25, 0.3) is 5.56 Å². The van der Waals surface area contributed by atoms with Crippen molar-refractivity contribution in [2.45, 2.75) is 32.4 Å². The number of aromatic nitrogens is 2. The Morgan fingerprint density at radius 1 is 1.36 bits per heavy atom. The Hall–Kier alpha value is -2.70. The molecule has 0 bridgehead atoms. The summed E-state index contributed by atoms with van der Waals surface area (Å²) in [7, 11) is 0. The third kappa shape index (κ3) is 3.13. The number of benzene rings is 1. The Kier molecular flexibility index (Phi) is 3.62. The van der Waals surface area contributed by atoms with Crippen LogP contribution in [-0.2, 0) is 11.3 Å². The molecule has 22 heavy (non-hydrogen) atoms. The molecule has 1 aliphatic carbocycles. The first-order chi connectivity index (χ1) is 10.5. The van der Waals surface area contributed by atoms with Gasteiger partial charge in [0.1, 0.15) is 6.54 Å². The molecule has 7 nitrogen and oxygen atoms in total. The van der Waals surface area contributed by atoms with Crippen LogP contribution in [0.3, 0.4) is 0 Å². The normalized spacial score (nSPS) is 13.9. The first kappa shape index (κ1) is 14.2. The van der Waals surface area contributed by atoms with Crippen molar-refractivity contribution < 1.29 is 9.59 Å². The molecule has 2 N–H and O–H groups in total. The molecule has 7 heteroatoms. The maximum atomic E-state index is 12.3. The number of hydrogen-bond acceptors (Lipinski definition) is 4. The molecule has 1 aromatic heterocycles. The molecule has 0 atom stereocenters. The summed E-state index contributed by atoms with van der Waals surface area (Å²) >= 11 is 0. The van der Waals surface area contributed by atoms with Crippen LogP contribution in [0.4, 0.5) is 4.79 Å². The van der Waals surface area contributed by atoms with Gasteiger partial charge in [0.2, 0.25) is 5.91 Å². The Labute approximate surface area is 126 Å². The van der Waals surface area contributed by atoms with Crippen LogP contribution in [0.2, 0.25) is 0 Å². The van der Waals surface area contributed by atoms with Crippen molar-refractivity contribution >= 4 is 22.8 Å². The van der Waals surface area contributed by atoms with E-state index in [0.717, 1.165) is 18.4 Å². The van der Waals surface area contributed by atoms with E-state index in [4.69, 9.17) is 0 Å². The SMILES string of the molecule is Cc1ccc2ncn(CC(=O)NC(=O)NC3CC3)c(=O)c2c1. The average molecular weight is 300 g/mol. The molecule has 1 heterocycles. The smallest absolute Gasteiger partial charge is 0.321 e. The number of carbonyl (C=O) groups is 2. The first-order valence-electron chi connectivity index (χ1n) is 7.09. The largest absolute Gasteiger partial charge is 0.335 e. The quantitative estimate of drug-likeness (QED) is 0.872. The number of aryl methyl sites for hydroxylation is 1. The third-order valence-corrected chi connectivity index (χ3v) is 3.46. The van der Waals surface area contributed by atoms with Gasteiger partial charge in [-0.1, -0.05) is 11.6 Å². The van der Waals surface area contributed by atoms with Gasteiger partial charge >= 0.3 is 6.03 Å². The van der Waals surface area contributed by atoms with E-state index in [1.54, 1.807) is 12.1 Å². The lowest BCUT2D eigenvalue weighted by Crippen LogP contribution is -2.42. The monoisotopic (exact) mass is 300 g/mol. The van der Waals surface area contributed by atoms with Crippen LogP contribution in [0.1, 0.15) is 18.4 Å². The van der Waals surface area contributed by atoms with E-state index >= 15 is 0 Å². The Morgan fingerprint density at radius 2 is 2.14 bits per heavy atom. The summed E-state index contributed by atoms with van der Waals surface area (Å²) in [5.41, 5.74) is 1.22. The summed E-state index contributed by atoms with van der Waals surface area (Å²) in [4.78, 5) is 39.8. The summed E-state index contributed by atoms with van der Waals surface area (Å²) < 4.78 is 1.20. The van der Waals surface area contributed by atoms with Crippen molar-refractivity contribution in [1.29, 1.82) is 0 Å². The van der Waals surface area contributed by atoms with Crippen LogP contribution in [0.5, 0.6) is 0 Å². The van der Waals surface area contributed by atoms with Gasteiger partial charge in [-0.2, -0.15) is 0 Å². The standard InChI is InChI=1S/C15H16N4O3/c1-9-2-5-12-11(6-9)14(21)19(8-16-12)7-13(20)18-15(22)17-10-3-4-10/h2,5-6,8,10H,3-4,7H2,1H3,(H2,17,18,20,22). The highest BCUT2D eigenvalue weighted by molar-refractivity contribution is 5.94. The van der Waals surface area contributed by atoms with Crippen LogP contribution < -0.4 is 16.2 Å². The summed E-state index contributed by atoms with van der Waals surface area (Å²) in [6, 6.07) is 5.01. The Bertz CT molecular complexity index is 808. The second kappa shape index (κ2) is 5.59. The Morgan fingerprint density at radius 3 is 2.86 bits per heavy atom. The van der Waals surface area contributed by atoms with Crippen molar-refractivity contribution in [3.8, 4) is 0 Å². The number of hydrogen-bond donors (Lipinski definition) is 2. The highest BCUT2D eigenvalue weighted by atomic mass is 16.2. The maximum Gasteiger partial charge on any atom is 0.321 e. The van der Waals surface area contributed by atoms with E-state index in [9.17, 15) is 14.4 Å². The number of imide groups is 1. The zero-order valence-corrected chi connectivity index (χ0v) is 12.1. The van der Waals surface area contributed by atoms with Gasteiger partial charge in [0.05, 0.1) is 17.2 Å². The molecule has 1 aromatic carbocycles. The van der Waals surface area contributed by atoms with E-state index in [2.05, 4.69) is 15.6 Å². The number of nitrogens with zero attached hydrogens (tertiary/aromatic N) is 2. The van der Waals surface area contributed by atoms with Gasteiger partial charge in [-0.3, -0.25) is 19.5 Å². The molecular formula is C15H16N4O3. The summed E-state index contributed by atoms with van der Waals surface area (Å²) in [6.07, 6.45) is 3.20. The summed E-state index contributed by atoms with van der Waals surface area (Å²) in [6.45, 7) is 1.64. The lowest BCUT2D eigenvalue weighted by atomic mass is 10.2. The summed E-state index contributed by atoms with van der Waals surface area (Å²) in [5.74, 6) is -0.547. The molecule has 0 saturated heterocycles. The molecule has 0 unspecified atom stereocenters. The van der Waals surface area contributed by atoms with Gasteiger partial charge in [-0.25, -0.2) is 9.78 Å². The van der Waals surface area contributed by atoms with Crippen molar-refractivity contribution in [2.24, 2.45) is 0 Å². The fraction of sp³-hybridized carbons (Fsp3) is 0.333. The van der Waals surface area contributed by atoms with Crippen molar-refractivity contribution in [2.75, 3.05) is 0 Å². The molecule has 1 saturated carbocycles. The fourth-order valence-corrected chi connectivity index (χ4v) is 2.16. The first-order valence-corrected chi connectivity index (χ1v) is 7.09. The Balaban J connectivity index is 1.75. The predicted molar refractivity (Wildman–Crippen MR) is 80.4 cm³/mol. The minimum Gasteiger partial charge on any atom is -0.335 e. The number of fused-ring (bicyclic) bond motifs is 1. The molecule has 1 fully saturated rings. The predicted octanol–water partition coefficient (Wildman–Crippen LogP) is 0.693. The highest BCUT2D eigenvalue weighted by Crippen LogP contribution is 2.18. The van der Waals surface area contributed by atoms with E-state index in [-0.39, 0.29) is 18.1 Å². The lowest BCUT2D eigenvalue weighted by molar-refractivity contribution is -0.120. The minimum absolute atomic E-state index is 0.167. The molecule has 1 aliphatic rings. The molecule has 3 amide bonds. The molecule has 0 radical (unpaired) electrons. The van der Waals surface area contributed by atoms with Crippen LogP contribution >= 0.6 is 0 Å². The number of amides is 3. The minimum atomic E-state index is -0.547. The summed E-state index contributed by atoms with van der Waals surface area (Å²) in [5, 5.41) is 5.31. The number of nitrogens with one attached hydrogen (secondary N) is 2. The second-order valence-corrected chi connectivity index (χ2v) is 5.49. The fourth-order valence-electron chi connectivity index (χ4n) is 2.16. The van der Waals surface area contributed by atoms with Crippen LogP contribution in [0, 0.1) is 6.92 Å². The third-order valence-electron chi connectivity index (χ3n) is 3.46. The molecule has 114 valence electrons. The zero-order chi connectivity index (χ0) is 15.7. The molecule has 0 aliphatic heterocycles. The molecule has 0 spiro atoms. The number of carbonyl (C=O) groups excluding carboxylic acids is 2. The van der Waals surface area contributed by atoms with Crippen LogP contribution in [0.25, 0.3) is 10.9 Å². The van der Waals surface area contributed by atoms with Crippen molar-refractivity contribution in [3.05, 3.63) is 40.4 Å². The van der Waals surface area contributed by atoms with Gasteiger partial charge in [-0.05, 0) is 31.9 Å². The molecule has 2 aromatic rings. The van der Waals surface area contributed by atoms with E-state index in [0.29, 0.717) is 10.9 Å². The van der Waals surface area contributed by atoms with E-state index < -0.39 is 11.9 Å². The molecule has 3 rings (SSSR count). The highest BCUT2D eigenvalue weighted by Gasteiger charge is 2.24. The van der Waals surface area contributed by atoms with Crippen LogP contribution in [-0.4, -0.2) is 27.5 Å². The second-order valence-electron chi connectivity index (χ2n) is 5.49. The average Bonchev–Trinajstić information content (AvgIpc) is 3.26.